The van der Waals surface area contributed by atoms with E-state index < -0.39 is 29.3 Å². The highest BCUT2D eigenvalue weighted by Crippen LogP contribution is 2.34. The maximum absolute atomic E-state index is 14.8. The third-order valence-corrected chi connectivity index (χ3v) is 7.56. The Kier molecular flexibility index (Phi) is 11.1. The Balaban J connectivity index is 2.12. The monoisotopic (exact) mass is 585 g/mol. The van der Waals surface area contributed by atoms with Crippen molar-refractivity contribution in [3.63, 3.8) is 0 Å². The summed E-state index contributed by atoms with van der Waals surface area (Å²) in [5, 5.41) is 5.93. The summed E-state index contributed by atoms with van der Waals surface area (Å²) in [4.78, 5) is 43.7. The number of carbonyl (C=O) groups is 3. The highest BCUT2D eigenvalue weighted by Gasteiger charge is 2.43. The van der Waals surface area contributed by atoms with Crippen LogP contribution in [0.4, 0.5) is 4.79 Å². The Hall–Kier alpha value is -4.13. The first-order valence-electron chi connectivity index (χ1n) is 15.0. The number of carbonyl (C=O) groups excluding carboxylic acids is 3. The maximum Gasteiger partial charge on any atom is 0.408 e. The highest BCUT2D eigenvalue weighted by atomic mass is 16.6. The number of rotatable bonds is 11. The van der Waals surface area contributed by atoms with Crippen molar-refractivity contribution in [3.8, 4) is 0 Å². The molecule has 0 aliphatic heterocycles. The molecule has 3 aromatic rings. The first-order valence-corrected chi connectivity index (χ1v) is 15.0. The summed E-state index contributed by atoms with van der Waals surface area (Å²) in [6.07, 6.45) is 0.129. The molecule has 0 saturated heterocycles. The Morgan fingerprint density at radius 2 is 1.42 bits per heavy atom. The summed E-state index contributed by atoms with van der Waals surface area (Å²) in [7, 11) is 0. The molecule has 230 valence electrons. The predicted octanol–water partition coefficient (Wildman–Crippen LogP) is 6.81. The Morgan fingerprint density at radius 1 is 0.837 bits per heavy atom. The summed E-state index contributed by atoms with van der Waals surface area (Å²) >= 11 is 0. The number of hydrogen-bond acceptors (Lipinski definition) is 4. The van der Waals surface area contributed by atoms with Gasteiger partial charge in [0.25, 0.3) is 0 Å². The van der Waals surface area contributed by atoms with Crippen LogP contribution in [-0.2, 0) is 27.3 Å². The highest BCUT2D eigenvalue weighted by molar-refractivity contribution is 5.93. The van der Waals surface area contributed by atoms with Gasteiger partial charge in [-0.25, -0.2) is 4.79 Å². The van der Waals surface area contributed by atoms with Gasteiger partial charge in [0.1, 0.15) is 17.7 Å². The fourth-order valence-corrected chi connectivity index (χ4v) is 5.02. The van der Waals surface area contributed by atoms with Crippen LogP contribution < -0.4 is 10.6 Å². The lowest BCUT2D eigenvalue weighted by Crippen LogP contribution is -2.60. The van der Waals surface area contributed by atoms with Gasteiger partial charge in [-0.1, -0.05) is 91.3 Å². The molecule has 3 amide bonds. The van der Waals surface area contributed by atoms with Gasteiger partial charge in [-0.2, -0.15) is 0 Å². The lowest BCUT2D eigenvalue weighted by Gasteiger charge is -2.45. The van der Waals surface area contributed by atoms with Crippen molar-refractivity contribution in [1.82, 2.24) is 15.5 Å². The number of nitrogens with one attached hydrogen (secondary N) is 2. The van der Waals surface area contributed by atoms with Crippen molar-refractivity contribution < 1.29 is 19.1 Å². The molecule has 0 fully saturated rings. The van der Waals surface area contributed by atoms with Crippen molar-refractivity contribution in [2.45, 2.75) is 98.0 Å². The van der Waals surface area contributed by atoms with E-state index in [1.54, 1.807) is 25.7 Å². The second-order valence-corrected chi connectivity index (χ2v) is 12.7. The number of alkyl carbamates (subject to hydrolysis) is 1. The van der Waals surface area contributed by atoms with E-state index in [-0.39, 0.29) is 18.2 Å². The molecule has 2 atom stereocenters. The SMILES string of the molecule is CCC(C)(C)N(C(=O)C(Cc1ccccc1)NC(=O)OC(C)(C)C)C(C(=O)NCc1ccccc1)c1ccc(C)cc1C. The fraction of sp³-hybridized carbons (Fsp3) is 0.417. The first kappa shape index (κ1) is 33.4. The molecule has 7 heteroatoms. The van der Waals surface area contributed by atoms with E-state index in [0.29, 0.717) is 13.0 Å². The van der Waals surface area contributed by atoms with E-state index in [1.807, 2.05) is 113 Å². The number of aryl methyl sites for hydroxylation is 2. The molecule has 43 heavy (non-hydrogen) atoms. The molecule has 3 aromatic carbocycles. The summed E-state index contributed by atoms with van der Waals surface area (Å²) in [5.74, 6) is -0.650. The second-order valence-electron chi connectivity index (χ2n) is 12.7. The van der Waals surface area contributed by atoms with E-state index in [4.69, 9.17) is 4.74 Å². The van der Waals surface area contributed by atoms with E-state index in [1.165, 1.54) is 0 Å². The summed E-state index contributed by atoms with van der Waals surface area (Å²) in [6.45, 7) is 15.5. The van der Waals surface area contributed by atoms with Crippen molar-refractivity contribution in [2.75, 3.05) is 0 Å². The topological polar surface area (TPSA) is 87.7 Å². The lowest BCUT2D eigenvalue weighted by atomic mass is 9.89. The van der Waals surface area contributed by atoms with Crippen LogP contribution >= 0.6 is 0 Å². The van der Waals surface area contributed by atoms with Gasteiger partial charge < -0.3 is 20.3 Å². The zero-order valence-corrected chi connectivity index (χ0v) is 26.9. The van der Waals surface area contributed by atoms with Gasteiger partial charge >= 0.3 is 6.09 Å². The molecule has 0 saturated carbocycles. The standard InChI is InChI=1S/C36H47N3O4/c1-9-36(7,8)39(33(41)30(23-27-16-12-10-13-17-27)38-34(42)43-35(4,5)6)31(29-21-20-25(2)22-26(29)3)32(40)37-24-28-18-14-11-15-19-28/h10-22,30-31H,9,23-24H2,1-8H3,(H,37,40)(H,38,42). The van der Waals surface area contributed by atoms with Crippen LogP contribution in [0.15, 0.2) is 78.9 Å². The van der Waals surface area contributed by atoms with E-state index in [9.17, 15) is 14.4 Å². The molecule has 0 aromatic heterocycles. The van der Waals surface area contributed by atoms with Gasteiger partial charge in [0.15, 0.2) is 0 Å². The molecule has 0 spiro atoms. The van der Waals surface area contributed by atoms with Gasteiger partial charge in [-0.3, -0.25) is 9.59 Å². The van der Waals surface area contributed by atoms with E-state index in [2.05, 4.69) is 10.6 Å². The second kappa shape index (κ2) is 14.4. The van der Waals surface area contributed by atoms with Crippen molar-refractivity contribution in [1.29, 1.82) is 0 Å². The average Bonchev–Trinajstić information content (AvgIpc) is 2.94. The lowest BCUT2D eigenvalue weighted by molar-refractivity contribution is -0.149. The molecule has 0 aliphatic carbocycles. The molecule has 3 rings (SSSR count). The largest absolute Gasteiger partial charge is 0.444 e. The zero-order chi connectivity index (χ0) is 31.8. The normalized spacial score (nSPS) is 13.0. The zero-order valence-electron chi connectivity index (χ0n) is 26.9. The van der Waals surface area contributed by atoms with Crippen LogP contribution in [0.1, 0.15) is 81.8 Å². The van der Waals surface area contributed by atoms with Crippen LogP contribution in [0.5, 0.6) is 0 Å². The molecule has 7 nitrogen and oxygen atoms in total. The summed E-state index contributed by atoms with van der Waals surface area (Å²) in [6, 6.07) is 23.2. The van der Waals surface area contributed by atoms with Gasteiger partial charge in [0, 0.05) is 18.5 Å². The van der Waals surface area contributed by atoms with Crippen LogP contribution in [-0.4, -0.2) is 40.0 Å². The number of nitrogens with zero attached hydrogens (tertiary/aromatic N) is 1. The number of amides is 3. The van der Waals surface area contributed by atoms with Crippen LogP contribution in [0.3, 0.4) is 0 Å². The van der Waals surface area contributed by atoms with Crippen LogP contribution in [0.2, 0.25) is 0 Å². The Morgan fingerprint density at radius 3 is 1.95 bits per heavy atom. The molecule has 0 radical (unpaired) electrons. The summed E-state index contributed by atoms with van der Waals surface area (Å²) < 4.78 is 5.56. The van der Waals surface area contributed by atoms with Crippen LogP contribution in [0, 0.1) is 13.8 Å². The van der Waals surface area contributed by atoms with Gasteiger partial charge in [-0.05, 0) is 77.1 Å². The molecular formula is C36H47N3O4. The van der Waals surface area contributed by atoms with Gasteiger partial charge in [-0.15, -0.1) is 0 Å². The molecular weight excluding hydrogens is 538 g/mol. The average molecular weight is 586 g/mol. The fourth-order valence-electron chi connectivity index (χ4n) is 5.02. The third-order valence-electron chi connectivity index (χ3n) is 7.56. The molecule has 0 heterocycles. The van der Waals surface area contributed by atoms with Crippen molar-refractivity contribution >= 4 is 17.9 Å². The Bertz CT molecular complexity index is 1380. The number of benzene rings is 3. The minimum atomic E-state index is -0.974. The minimum Gasteiger partial charge on any atom is -0.444 e. The van der Waals surface area contributed by atoms with Gasteiger partial charge in [0.05, 0.1) is 0 Å². The first-order chi connectivity index (χ1) is 20.2. The Labute approximate surface area is 257 Å². The predicted molar refractivity (Wildman–Crippen MR) is 171 cm³/mol. The smallest absolute Gasteiger partial charge is 0.408 e. The molecule has 2 unspecified atom stereocenters. The minimum absolute atomic E-state index is 0.237. The third kappa shape index (κ3) is 9.43. The maximum atomic E-state index is 14.8. The number of hydrogen-bond donors (Lipinski definition) is 2. The summed E-state index contributed by atoms with van der Waals surface area (Å²) in [5.41, 5.74) is 3.05. The molecule has 0 aliphatic rings. The van der Waals surface area contributed by atoms with Crippen molar-refractivity contribution in [2.24, 2.45) is 0 Å². The molecule has 2 N–H and O–H groups in total. The quantitative estimate of drug-likeness (QED) is 0.259. The molecule has 0 bridgehead atoms. The van der Waals surface area contributed by atoms with E-state index >= 15 is 0 Å². The van der Waals surface area contributed by atoms with E-state index in [0.717, 1.165) is 27.8 Å². The van der Waals surface area contributed by atoms with Crippen LogP contribution in [0.25, 0.3) is 0 Å². The number of ether oxygens (including phenoxy) is 1. The van der Waals surface area contributed by atoms with Gasteiger partial charge in [0.2, 0.25) is 11.8 Å². The van der Waals surface area contributed by atoms with Crippen molar-refractivity contribution in [3.05, 3.63) is 107 Å².